The molecule has 1 aliphatic rings. The molecule has 1 fully saturated rings. The molecule has 0 bridgehead atoms. The van der Waals surface area contributed by atoms with Crippen molar-refractivity contribution in [1.82, 2.24) is 5.32 Å². The summed E-state index contributed by atoms with van der Waals surface area (Å²) in [5.74, 6) is -0.390. The third-order valence-corrected chi connectivity index (χ3v) is 3.51. The Kier molecular flexibility index (Phi) is 3.66. The maximum Gasteiger partial charge on any atom is 0.141 e. The molecule has 2 nitrogen and oxygen atoms in total. The highest BCUT2D eigenvalue weighted by atomic mass is 35.5. The van der Waals surface area contributed by atoms with Crippen LogP contribution >= 0.6 is 11.6 Å². The molecule has 2 rings (SSSR count). The van der Waals surface area contributed by atoms with Gasteiger partial charge in [0, 0.05) is 19.5 Å². The molecule has 1 saturated carbocycles. The van der Waals surface area contributed by atoms with Crippen molar-refractivity contribution in [2.75, 3.05) is 6.54 Å². The van der Waals surface area contributed by atoms with Crippen molar-refractivity contribution in [1.29, 1.82) is 5.26 Å². The number of nitrogens with zero attached hydrogens (tertiary/aromatic N) is 1. The number of nitriles is 1. The number of hydrogen-bond acceptors (Lipinski definition) is 2. The van der Waals surface area contributed by atoms with Crippen LogP contribution < -0.4 is 5.32 Å². The average molecular weight is 253 g/mol. The Bertz CT molecular complexity index is 449. The minimum absolute atomic E-state index is 0.155. The summed E-state index contributed by atoms with van der Waals surface area (Å²) in [5, 5.41) is 12.1. The van der Waals surface area contributed by atoms with E-state index in [1.54, 1.807) is 12.1 Å². The van der Waals surface area contributed by atoms with Crippen LogP contribution in [0.4, 0.5) is 4.39 Å². The van der Waals surface area contributed by atoms with E-state index in [1.807, 2.05) is 0 Å². The van der Waals surface area contributed by atoms with Gasteiger partial charge in [-0.3, -0.25) is 0 Å². The highest BCUT2D eigenvalue weighted by Gasteiger charge is 2.41. The second kappa shape index (κ2) is 5.03. The second-order valence-electron chi connectivity index (χ2n) is 4.69. The predicted octanol–water partition coefficient (Wildman–Crippen LogP) is 3.26. The summed E-state index contributed by atoms with van der Waals surface area (Å²) < 4.78 is 12.9. The average Bonchev–Trinajstić information content (AvgIpc) is 3.04. The molecule has 0 atom stereocenters. The van der Waals surface area contributed by atoms with Crippen LogP contribution in [0.25, 0.3) is 0 Å². The van der Waals surface area contributed by atoms with Crippen LogP contribution in [-0.2, 0) is 6.54 Å². The first kappa shape index (κ1) is 12.3. The Morgan fingerprint density at radius 1 is 1.47 bits per heavy atom. The second-order valence-corrected chi connectivity index (χ2v) is 5.09. The SMILES string of the molecule is N#CCC1(CNCc2ccc(F)c(Cl)c2)CC1. The van der Waals surface area contributed by atoms with Crippen molar-refractivity contribution in [3.8, 4) is 6.07 Å². The van der Waals surface area contributed by atoms with E-state index in [-0.39, 0.29) is 10.4 Å². The van der Waals surface area contributed by atoms with E-state index in [4.69, 9.17) is 16.9 Å². The van der Waals surface area contributed by atoms with Gasteiger partial charge < -0.3 is 5.32 Å². The lowest BCUT2D eigenvalue weighted by atomic mass is 10.0. The van der Waals surface area contributed by atoms with Crippen molar-refractivity contribution >= 4 is 11.6 Å². The third-order valence-electron chi connectivity index (χ3n) is 3.22. The lowest BCUT2D eigenvalue weighted by Gasteiger charge is -2.12. The van der Waals surface area contributed by atoms with Crippen molar-refractivity contribution in [2.45, 2.75) is 25.8 Å². The van der Waals surface area contributed by atoms with Gasteiger partial charge in [-0.25, -0.2) is 4.39 Å². The molecule has 0 radical (unpaired) electrons. The molecular formula is C13H14ClFN2. The van der Waals surface area contributed by atoms with E-state index in [9.17, 15) is 4.39 Å². The van der Waals surface area contributed by atoms with Crippen LogP contribution in [0, 0.1) is 22.6 Å². The van der Waals surface area contributed by atoms with E-state index in [1.165, 1.54) is 6.07 Å². The van der Waals surface area contributed by atoms with E-state index in [0.717, 1.165) is 24.9 Å². The molecule has 4 heteroatoms. The van der Waals surface area contributed by atoms with Gasteiger partial charge >= 0.3 is 0 Å². The lowest BCUT2D eigenvalue weighted by molar-refractivity contribution is 0.466. The molecule has 0 saturated heterocycles. The Morgan fingerprint density at radius 3 is 2.82 bits per heavy atom. The first-order chi connectivity index (χ1) is 8.15. The van der Waals surface area contributed by atoms with Crippen molar-refractivity contribution in [3.05, 3.63) is 34.6 Å². The van der Waals surface area contributed by atoms with Gasteiger partial charge in [-0.15, -0.1) is 0 Å². The van der Waals surface area contributed by atoms with E-state index in [2.05, 4.69) is 11.4 Å². The van der Waals surface area contributed by atoms with Gasteiger partial charge in [0.15, 0.2) is 0 Å². The molecule has 17 heavy (non-hydrogen) atoms. The Balaban J connectivity index is 1.82. The molecule has 1 aromatic carbocycles. The Hall–Kier alpha value is -1.11. The van der Waals surface area contributed by atoms with Gasteiger partial charge in [0.05, 0.1) is 11.1 Å². The maximum atomic E-state index is 12.9. The van der Waals surface area contributed by atoms with Gasteiger partial charge in [0.25, 0.3) is 0 Å². The van der Waals surface area contributed by atoms with Crippen LogP contribution in [0.1, 0.15) is 24.8 Å². The molecule has 0 unspecified atom stereocenters. The van der Waals surface area contributed by atoms with E-state index in [0.29, 0.717) is 13.0 Å². The minimum atomic E-state index is -0.390. The highest BCUT2D eigenvalue weighted by molar-refractivity contribution is 6.30. The molecule has 0 amide bonds. The van der Waals surface area contributed by atoms with Gasteiger partial charge in [-0.1, -0.05) is 17.7 Å². The smallest absolute Gasteiger partial charge is 0.141 e. The number of benzene rings is 1. The summed E-state index contributed by atoms with van der Waals surface area (Å²) in [6.45, 7) is 1.50. The summed E-state index contributed by atoms with van der Waals surface area (Å²) in [7, 11) is 0. The first-order valence-electron chi connectivity index (χ1n) is 5.67. The molecule has 1 aromatic rings. The standard InChI is InChI=1S/C13H14ClFN2/c14-11-7-10(1-2-12(11)15)8-17-9-13(3-4-13)5-6-16/h1-2,7,17H,3-5,8-9H2. The molecule has 0 aromatic heterocycles. The number of nitrogens with one attached hydrogen (secondary N) is 1. The molecule has 1 N–H and O–H groups in total. The minimum Gasteiger partial charge on any atom is -0.312 e. The van der Waals surface area contributed by atoms with Crippen molar-refractivity contribution in [2.24, 2.45) is 5.41 Å². The van der Waals surface area contributed by atoms with Gasteiger partial charge in [0.1, 0.15) is 5.82 Å². The van der Waals surface area contributed by atoms with Crippen LogP contribution in [0.2, 0.25) is 5.02 Å². The fourth-order valence-electron chi connectivity index (χ4n) is 1.88. The zero-order chi connectivity index (χ0) is 12.3. The predicted molar refractivity (Wildman–Crippen MR) is 65.0 cm³/mol. The van der Waals surface area contributed by atoms with Crippen LogP contribution in [0.3, 0.4) is 0 Å². The zero-order valence-electron chi connectivity index (χ0n) is 9.47. The van der Waals surface area contributed by atoms with Crippen LogP contribution in [0.15, 0.2) is 18.2 Å². The summed E-state index contributed by atoms with van der Waals surface area (Å²) >= 11 is 5.70. The van der Waals surface area contributed by atoms with Crippen molar-refractivity contribution < 1.29 is 4.39 Å². The van der Waals surface area contributed by atoms with Gasteiger partial charge in [0.2, 0.25) is 0 Å². The van der Waals surface area contributed by atoms with E-state index < -0.39 is 5.82 Å². The summed E-state index contributed by atoms with van der Waals surface area (Å²) in [5.41, 5.74) is 1.16. The fraction of sp³-hybridized carbons (Fsp3) is 0.462. The molecule has 0 heterocycles. The normalized spacial score (nSPS) is 16.5. The number of halogens is 2. The monoisotopic (exact) mass is 252 g/mol. The summed E-state index contributed by atoms with van der Waals surface area (Å²) in [4.78, 5) is 0. The number of hydrogen-bond donors (Lipinski definition) is 1. The molecule has 0 aliphatic heterocycles. The molecule has 0 spiro atoms. The fourth-order valence-corrected chi connectivity index (χ4v) is 2.09. The molecule has 1 aliphatic carbocycles. The quantitative estimate of drug-likeness (QED) is 0.873. The topological polar surface area (TPSA) is 35.8 Å². The Morgan fingerprint density at radius 2 is 2.24 bits per heavy atom. The van der Waals surface area contributed by atoms with Crippen LogP contribution in [0.5, 0.6) is 0 Å². The van der Waals surface area contributed by atoms with Gasteiger partial charge in [-0.2, -0.15) is 5.26 Å². The largest absolute Gasteiger partial charge is 0.312 e. The van der Waals surface area contributed by atoms with Crippen molar-refractivity contribution in [3.63, 3.8) is 0 Å². The summed E-state index contributed by atoms with van der Waals surface area (Å²) in [6.07, 6.45) is 2.86. The van der Waals surface area contributed by atoms with Crippen LogP contribution in [-0.4, -0.2) is 6.54 Å². The Labute approximate surface area is 105 Å². The number of rotatable bonds is 5. The maximum absolute atomic E-state index is 12.9. The van der Waals surface area contributed by atoms with E-state index >= 15 is 0 Å². The molecule has 90 valence electrons. The highest BCUT2D eigenvalue weighted by Crippen LogP contribution is 2.47. The van der Waals surface area contributed by atoms with Gasteiger partial charge in [-0.05, 0) is 36.0 Å². The first-order valence-corrected chi connectivity index (χ1v) is 6.05. The third kappa shape index (κ3) is 3.18. The summed E-state index contributed by atoms with van der Waals surface area (Å²) in [6, 6.07) is 6.95. The lowest BCUT2D eigenvalue weighted by Crippen LogP contribution is -2.23. The molecular weight excluding hydrogens is 239 g/mol. The zero-order valence-corrected chi connectivity index (χ0v) is 10.2.